The Morgan fingerprint density at radius 2 is 1.35 bits per heavy atom. The quantitative estimate of drug-likeness (QED) is 0.455. The van der Waals surface area contributed by atoms with Crippen molar-refractivity contribution in [2.24, 2.45) is 0 Å². The fourth-order valence-corrected chi connectivity index (χ4v) is 3.44. The molecule has 0 saturated heterocycles. The predicted molar refractivity (Wildman–Crippen MR) is 133 cm³/mol. The van der Waals surface area contributed by atoms with E-state index in [2.05, 4.69) is 10.6 Å². The molecule has 6 nitrogen and oxygen atoms in total. The molecule has 0 aliphatic carbocycles. The normalized spacial score (nSPS) is 11.9. The first kappa shape index (κ1) is 24.7. The minimum absolute atomic E-state index is 0.109. The standard InChI is InChI=1S/C28H30N2O4/c1-28(2,3)34-27(33)30-24(18-20-12-6-4-7-13-20)26(32)29-23-17-11-10-16-22(23)25(31)19-21-14-8-5-9-15-21/h4-17,24H,18-19H2,1-3H3,(H,29,32)(H,30,33)/t24-/m1/s1. The lowest BCUT2D eigenvalue weighted by atomic mass is 10.0. The highest BCUT2D eigenvalue weighted by molar-refractivity contribution is 6.06. The molecule has 0 spiro atoms. The minimum atomic E-state index is -0.894. The summed E-state index contributed by atoms with van der Waals surface area (Å²) >= 11 is 0. The molecule has 0 bridgehead atoms. The molecule has 2 amide bonds. The van der Waals surface area contributed by atoms with Crippen LogP contribution in [-0.4, -0.2) is 29.4 Å². The molecule has 0 fully saturated rings. The van der Waals surface area contributed by atoms with Gasteiger partial charge in [0.15, 0.2) is 5.78 Å². The molecule has 3 aromatic rings. The molecule has 0 radical (unpaired) electrons. The average molecular weight is 459 g/mol. The molecule has 0 saturated carbocycles. The van der Waals surface area contributed by atoms with E-state index in [0.717, 1.165) is 11.1 Å². The molecule has 2 N–H and O–H groups in total. The second-order valence-electron chi connectivity index (χ2n) is 9.01. The van der Waals surface area contributed by atoms with Crippen LogP contribution < -0.4 is 10.6 Å². The van der Waals surface area contributed by atoms with E-state index >= 15 is 0 Å². The van der Waals surface area contributed by atoms with Gasteiger partial charge in [0.2, 0.25) is 5.91 Å². The molecule has 6 heteroatoms. The third-order valence-corrected chi connectivity index (χ3v) is 4.98. The van der Waals surface area contributed by atoms with Crippen LogP contribution >= 0.6 is 0 Å². The van der Waals surface area contributed by atoms with Crippen molar-refractivity contribution in [1.82, 2.24) is 5.32 Å². The smallest absolute Gasteiger partial charge is 0.408 e. The van der Waals surface area contributed by atoms with Crippen molar-refractivity contribution in [1.29, 1.82) is 0 Å². The molecule has 0 heterocycles. The largest absolute Gasteiger partial charge is 0.444 e. The van der Waals surface area contributed by atoms with Crippen LogP contribution in [0.25, 0.3) is 0 Å². The molecule has 176 valence electrons. The molecule has 0 unspecified atom stereocenters. The van der Waals surface area contributed by atoms with E-state index in [-0.39, 0.29) is 18.6 Å². The van der Waals surface area contributed by atoms with Gasteiger partial charge in [-0.3, -0.25) is 9.59 Å². The Labute approximate surface area is 200 Å². The zero-order valence-corrected chi connectivity index (χ0v) is 19.7. The number of benzene rings is 3. The van der Waals surface area contributed by atoms with E-state index < -0.39 is 23.6 Å². The van der Waals surface area contributed by atoms with Gasteiger partial charge in [0, 0.05) is 18.4 Å². The lowest BCUT2D eigenvalue weighted by molar-refractivity contribution is -0.118. The van der Waals surface area contributed by atoms with Crippen molar-refractivity contribution in [2.45, 2.75) is 45.3 Å². The van der Waals surface area contributed by atoms with E-state index in [1.807, 2.05) is 60.7 Å². The molecule has 3 rings (SSSR count). The number of nitrogens with one attached hydrogen (secondary N) is 2. The predicted octanol–water partition coefficient (Wildman–Crippen LogP) is 5.19. The van der Waals surface area contributed by atoms with Crippen LogP contribution in [-0.2, 0) is 22.4 Å². The fourth-order valence-electron chi connectivity index (χ4n) is 3.44. The monoisotopic (exact) mass is 458 g/mol. The third kappa shape index (κ3) is 7.59. The molecule has 0 aliphatic rings. The van der Waals surface area contributed by atoms with Crippen LogP contribution in [0.2, 0.25) is 0 Å². The SMILES string of the molecule is CC(C)(C)OC(=O)N[C@H](Cc1ccccc1)C(=O)Nc1ccccc1C(=O)Cc1ccccc1. The van der Waals surface area contributed by atoms with Crippen molar-refractivity contribution in [3.05, 3.63) is 102 Å². The lowest BCUT2D eigenvalue weighted by Gasteiger charge is -2.23. The Kier molecular flexibility index (Phi) is 8.19. The molecule has 3 aromatic carbocycles. The van der Waals surface area contributed by atoms with Gasteiger partial charge in [-0.25, -0.2) is 4.79 Å². The van der Waals surface area contributed by atoms with Gasteiger partial charge in [-0.1, -0.05) is 72.8 Å². The summed E-state index contributed by atoms with van der Waals surface area (Å²) in [6, 6.07) is 24.8. The van der Waals surface area contributed by atoms with Crippen LogP contribution in [0.4, 0.5) is 10.5 Å². The fraction of sp³-hybridized carbons (Fsp3) is 0.250. The number of amides is 2. The Bertz CT molecular complexity index is 1120. The van der Waals surface area contributed by atoms with Gasteiger partial charge in [-0.05, 0) is 44.0 Å². The summed E-state index contributed by atoms with van der Waals surface area (Å²) in [5.41, 5.74) is 1.89. The molecule has 34 heavy (non-hydrogen) atoms. The Morgan fingerprint density at radius 3 is 1.97 bits per heavy atom. The van der Waals surface area contributed by atoms with E-state index in [1.165, 1.54) is 0 Å². The van der Waals surface area contributed by atoms with Gasteiger partial charge in [-0.2, -0.15) is 0 Å². The summed E-state index contributed by atoms with van der Waals surface area (Å²) in [4.78, 5) is 38.7. The van der Waals surface area contributed by atoms with Gasteiger partial charge >= 0.3 is 6.09 Å². The van der Waals surface area contributed by atoms with Crippen LogP contribution in [0.15, 0.2) is 84.9 Å². The number of rotatable bonds is 8. The Hall–Kier alpha value is -3.93. The summed E-state index contributed by atoms with van der Waals surface area (Å²) in [5.74, 6) is -0.545. The number of para-hydroxylation sites is 1. The number of alkyl carbamates (subject to hydrolysis) is 1. The van der Waals surface area contributed by atoms with Gasteiger partial charge < -0.3 is 15.4 Å². The van der Waals surface area contributed by atoms with E-state index in [1.54, 1.807) is 45.0 Å². The molecule has 0 aromatic heterocycles. The van der Waals surface area contributed by atoms with E-state index in [9.17, 15) is 14.4 Å². The van der Waals surface area contributed by atoms with Crippen LogP contribution in [0.5, 0.6) is 0 Å². The number of carbonyl (C=O) groups excluding carboxylic acids is 3. The number of Topliss-reactive ketones (excluding diaryl/α,β-unsaturated/α-hetero) is 1. The maximum absolute atomic E-state index is 13.3. The highest BCUT2D eigenvalue weighted by Crippen LogP contribution is 2.19. The summed E-state index contributed by atoms with van der Waals surface area (Å²) in [6.45, 7) is 5.27. The highest BCUT2D eigenvalue weighted by Gasteiger charge is 2.26. The molecular weight excluding hydrogens is 428 g/mol. The topological polar surface area (TPSA) is 84.5 Å². The second-order valence-corrected chi connectivity index (χ2v) is 9.01. The lowest BCUT2D eigenvalue weighted by Crippen LogP contribution is -2.47. The molecule has 1 atom stereocenters. The van der Waals surface area contributed by atoms with Crippen molar-refractivity contribution < 1.29 is 19.1 Å². The van der Waals surface area contributed by atoms with Gasteiger partial charge in [0.05, 0.1) is 5.69 Å². The van der Waals surface area contributed by atoms with Crippen LogP contribution in [0.1, 0.15) is 42.3 Å². The van der Waals surface area contributed by atoms with Crippen molar-refractivity contribution >= 4 is 23.5 Å². The van der Waals surface area contributed by atoms with Crippen molar-refractivity contribution in [3.63, 3.8) is 0 Å². The van der Waals surface area contributed by atoms with Crippen LogP contribution in [0, 0.1) is 0 Å². The molecule has 0 aliphatic heterocycles. The Morgan fingerprint density at radius 1 is 0.794 bits per heavy atom. The summed E-state index contributed by atoms with van der Waals surface area (Å²) in [5, 5.41) is 5.51. The minimum Gasteiger partial charge on any atom is -0.444 e. The van der Waals surface area contributed by atoms with Crippen molar-refractivity contribution in [3.8, 4) is 0 Å². The van der Waals surface area contributed by atoms with E-state index in [0.29, 0.717) is 11.3 Å². The first-order valence-electron chi connectivity index (χ1n) is 11.2. The second kappa shape index (κ2) is 11.3. The van der Waals surface area contributed by atoms with Gasteiger partial charge in [-0.15, -0.1) is 0 Å². The number of hydrogen-bond donors (Lipinski definition) is 2. The zero-order valence-electron chi connectivity index (χ0n) is 19.7. The number of ether oxygens (including phenoxy) is 1. The third-order valence-electron chi connectivity index (χ3n) is 4.98. The van der Waals surface area contributed by atoms with Crippen molar-refractivity contribution in [2.75, 3.05) is 5.32 Å². The number of carbonyl (C=O) groups is 3. The zero-order chi connectivity index (χ0) is 24.6. The average Bonchev–Trinajstić information content (AvgIpc) is 2.79. The number of hydrogen-bond acceptors (Lipinski definition) is 4. The van der Waals surface area contributed by atoms with Gasteiger partial charge in [0.1, 0.15) is 11.6 Å². The number of anilines is 1. The summed E-state index contributed by atoms with van der Waals surface area (Å²) in [7, 11) is 0. The maximum Gasteiger partial charge on any atom is 0.408 e. The molecular formula is C28H30N2O4. The van der Waals surface area contributed by atoms with E-state index in [4.69, 9.17) is 4.74 Å². The maximum atomic E-state index is 13.3. The summed E-state index contributed by atoms with van der Waals surface area (Å²) in [6.07, 6.45) is -0.194. The number of ketones is 1. The first-order valence-corrected chi connectivity index (χ1v) is 11.2. The Balaban J connectivity index is 1.79. The first-order chi connectivity index (χ1) is 16.2. The van der Waals surface area contributed by atoms with Crippen LogP contribution in [0.3, 0.4) is 0 Å². The highest BCUT2D eigenvalue weighted by atomic mass is 16.6. The summed E-state index contributed by atoms with van der Waals surface area (Å²) < 4.78 is 5.35. The van der Waals surface area contributed by atoms with Gasteiger partial charge in [0.25, 0.3) is 0 Å².